The van der Waals surface area contributed by atoms with Crippen LogP contribution in [0.4, 0.5) is 11.5 Å². The van der Waals surface area contributed by atoms with Crippen molar-refractivity contribution in [2.75, 3.05) is 36.8 Å². The molecule has 2 N–H and O–H groups in total. The van der Waals surface area contributed by atoms with Crippen LogP contribution >= 0.6 is 11.6 Å². The molecule has 0 radical (unpaired) electrons. The molecular formula is C13H21ClN4. The van der Waals surface area contributed by atoms with Crippen LogP contribution in [0.25, 0.3) is 0 Å². The van der Waals surface area contributed by atoms with E-state index in [-0.39, 0.29) is 5.54 Å². The highest BCUT2D eigenvalue weighted by atomic mass is 35.5. The number of nitrogens with two attached hydrogens (primary N) is 1. The van der Waals surface area contributed by atoms with E-state index in [1.165, 1.54) is 0 Å². The van der Waals surface area contributed by atoms with Gasteiger partial charge in [0.05, 0.1) is 0 Å². The number of piperazine rings is 1. The van der Waals surface area contributed by atoms with Crippen molar-refractivity contribution in [2.24, 2.45) is 0 Å². The molecule has 0 amide bonds. The summed E-state index contributed by atoms with van der Waals surface area (Å²) < 4.78 is 0. The Kier molecular flexibility index (Phi) is 3.69. The minimum atomic E-state index is 0.229. The van der Waals surface area contributed by atoms with Gasteiger partial charge >= 0.3 is 0 Å². The van der Waals surface area contributed by atoms with Gasteiger partial charge in [-0.1, -0.05) is 11.6 Å². The molecule has 2 heterocycles. The van der Waals surface area contributed by atoms with Gasteiger partial charge in [-0.25, -0.2) is 4.98 Å². The number of halogens is 1. The monoisotopic (exact) mass is 268 g/mol. The van der Waals surface area contributed by atoms with Crippen molar-refractivity contribution >= 4 is 23.1 Å². The van der Waals surface area contributed by atoms with E-state index in [4.69, 9.17) is 17.3 Å². The summed E-state index contributed by atoms with van der Waals surface area (Å²) in [7, 11) is 0. The highest BCUT2D eigenvalue weighted by molar-refractivity contribution is 6.29. The second kappa shape index (κ2) is 4.94. The molecule has 4 nitrogen and oxygen atoms in total. The number of hydrogen-bond donors (Lipinski definition) is 1. The maximum atomic E-state index is 5.94. The van der Waals surface area contributed by atoms with Crippen molar-refractivity contribution in [1.29, 1.82) is 0 Å². The number of aromatic nitrogens is 1. The first-order chi connectivity index (χ1) is 8.36. The Bertz CT molecular complexity index is 399. The summed E-state index contributed by atoms with van der Waals surface area (Å²) in [6.45, 7) is 10.7. The van der Waals surface area contributed by atoms with Crippen molar-refractivity contribution in [3.8, 4) is 0 Å². The number of pyridine rings is 1. The topological polar surface area (TPSA) is 45.4 Å². The van der Waals surface area contributed by atoms with E-state index in [1.54, 1.807) is 6.07 Å². The molecule has 18 heavy (non-hydrogen) atoms. The largest absolute Gasteiger partial charge is 0.399 e. The van der Waals surface area contributed by atoms with Crippen LogP contribution in [-0.2, 0) is 0 Å². The van der Waals surface area contributed by atoms with Gasteiger partial charge in [-0.15, -0.1) is 0 Å². The minimum absolute atomic E-state index is 0.229. The number of anilines is 2. The van der Waals surface area contributed by atoms with Crippen molar-refractivity contribution < 1.29 is 0 Å². The third-order valence-electron chi connectivity index (χ3n) is 3.36. The van der Waals surface area contributed by atoms with Gasteiger partial charge in [0, 0.05) is 43.5 Å². The van der Waals surface area contributed by atoms with Gasteiger partial charge < -0.3 is 10.6 Å². The molecule has 0 aliphatic carbocycles. The molecule has 1 fully saturated rings. The standard InChI is InChI=1S/C13H21ClN4/c1-13(2,3)18-6-4-17(5-7-18)12-9-10(15)8-11(14)16-12/h8-9H,4-7H2,1-3H3,(H2,15,16). The predicted octanol–water partition coefficient (Wildman–Crippen LogP) is 2.24. The Morgan fingerprint density at radius 2 is 1.78 bits per heavy atom. The predicted molar refractivity (Wildman–Crippen MR) is 77.2 cm³/mol. The van der Waals surface area contributed by atoms with Crippen LogP contribution in [-0.4, -0.2) is 41.6 Å². The first kappa shape index (κ1) is 13.4. The summed E-state index contributed by atoms with van der Waals surface area (Å²) in [6.07, 6.45) is 0. The fourth-order valence-corrected chi connectivity index (χ4v) is 2.48. The van der Waals surface area contributed by atoms with Gasteiger partial charge in [-0.3, -0.25) is 4.90 Å². The molecule has 0 unspecified atom stereocenters. The third-order valence-corrected chi connectivity index (χ3v) is 3.55. The Balaban J connectivity index is 2.05. The van der Waals surface area contributed by atoms with Crippen LogP contribution in [0.1, 0.15) is 20.8 Å². The first-order valence-corrected chi connectivity index (χ1v) is 6.67. The van der Waals surface area contributed by atoms with Crippen LogP contribution in [0, 0.1) is 0 Å². The Labute approximate surface area is 114 Å². The summed E-state index contributed by atoms with van der Waals surface area (Å²) in [4.78, 5) is 9.06. The molecule has 0 atom stereocenters. The SMILES string of the molecule is CC(C)(C)N1CCN(c2cc(N)cc(Cl)n2)CC1. The Morgan fingerprint density at radius 1 is 1.17 bits per heavy atom. The van der Waals surface area contributed by atoms with Crippen LogP contribution in [0.2, 0.25) is 5.15 Å². The minimum Gasteiger partial charge on any atom is -0.399 e. The molecule has 1 saturated heterocycles. The van der Waals surface area contributed by atoms with Gasteiger partial charge in [-0.05, 0) is 26.8 Å². The molecule has 0 aromatic carbocycles. The zero-order valence-corrected chi connectivity index (χ0v) is 12.0. The first-order valence-electron chi connectivity index (χ1n) is 6.29. The molecule has 0 saturated carbocycles. The van der Waals surface area contributed by atoms with E-state index in [2.05, 4.69) is 35.6 Å². The van der Waals surface area contributed by atoms with Crippen molar-refractivity contribution in [1.82, 2.24) is 9.88 Å². The summed E-state index contributed by atoms with van der Waals surface area (Å²) in [5, 5.41) is 0.461. The number of rotatable bonds is 1. The highest BCUT2D eigenvalue weighted by Gasteiger charge is 2.26. The fourth-order valence-electron chi connectivity index (χ4n) is 2.27. The lowest BCUT2D eigenvalue weighted by Crippen LogP contribution is -2.53. The third kappa shape index (κ3) is 3.06. The highest BCUT2D eigenvalue weighted by Crippen LogP contribution is 2.22. The molecule has 1 aromatic heterocycles. The van der Waals surface area contributed by atoms with E-state index in [0.717, 1.165) is 32.0 Å². The number of nitrogens with zero attached hydrogens (tertiary/aromatic N) is 3. The molecule has 0 spiro atoms. The van der Waals surface area contributed by atoms with Crippen LogP contribution < -0.4 is 10.6 Å². The fraction of sp³-hybridized carbons (Fsp3) is 0.615. The van der Waals surface area contributed by atoms with Gasteiger partial charge in [0.15, 0.2) is 0 Å². The van der Waals surface area contributed by atoms with E-state index in [0.29, 0.717) is 10.8 Å². The summed E-state index contributed by atoms with van der Waals surface area (Å²) in [6, 6.07) is 3.56. The Morgan fingerprint density at radius 3 is 2.28 bits per heavy atom. The van der Waals surface area contributed by atoms with Crippen molar-refractivity contribution in [2.45, 2.75) is 26.3 Å². The summed E-state index contributed by atoms with van der Waals surface area (Å²) in [5.41, 5.74) is 6.70. The van der Waals surface area contributed by atoms with E-state index in [9.17, 15) is 0 Å². The maximum Gasteiger partial charge on any atom is 0.133 e. The van der Waals surface area contributed by atoms with Gasteiger partial charge in [0.2, 0.25) is 0 Å². The van der Waals surface area contributed by atoms with Crippen LogP contribution in [0.5, 0.6) is 0 Å². The lowest BCUT2D eigenvalue weighted by molar-refractivity contribution is 0.128. The molecule has 1 aromatic rings. The molecular weight excluding hydrogens is 248 g/mol. The van der Waals surface area contributed by atoms with Crippen molar-refractivity contribution in [3.63, 3.8) is 0 Å². The average molecular weight is 269 g/mol. The molecule has 100 valence electrons. The zero-order valence-electron chi connectivity index (χ0n) is 11.3. The number of hydrogen-bond acceptors (Lipinski definition) is 4. The molecule has 5 heteroatoms. The second-order valence-corrected chi connectivity index (χ2v) is 6.11. The van der Waals surface area contributed by atoms with Crippen LogP contribution in [0.15, 0.2) is 12.1 Å². The molecule has 1 aliphatic rings. The van der Waals surface area contributed by atoms with Crippen molar-refractivity contribution in [3.05, 3.63) is 17.3 Å². The number of nitrogen functional groups attached to an aromatic ring is 1. The van der Waals surface area contributed by atoms with E-state index in [1.807, 2.05) is 6.07 Å². The Hall–Kier alpha value is -1.00. The molecule has 1 aliphatic heterocycles. The zero-order chi connectivity index (χ0) is 13.3. The average Bonchev–Trinajstić information content (AvgIpc) is 2.27. The normalized spacial score (nSPS) is 18.1. The van der Waals surface area contributed by atoms with E-state index >= 15 is 0 Å². The smallest absolute Gasteiger partial charge is 0.133 e. The quantitative estimate of drug-likeness (QED) is 0.794. The van der Waals surface area contributed by atoms with Gasteiger partial charge in [0.1, 0.15) is 11.0 Å². The molecule has 0 bridgehead atoms. The lowest BCUT2D eigenvalue weighted by atomic mass is 10.1. The van der Waals surface area contributed by atoms with E-state index < -0.39 is 0 Å². The summed E-state index contributed by atoms with van der Waals surface area (Å²) in [5.74, 6) is 0.883. The maximum absolute atomic E-state index is 5.94. The lowest BCUT2D eigenvalue weighted by Gasteiger charge is -2.42. The van der Waals surface area contributed by atoms with Gasteiger partial charge in [0.25, 0.3) is 0 Å². The van der Waals surface area contributed by atoms with Crippen LogP contribution in [0.3, 0.4) is 0 Å². The van der Waals surface area contributed by atoms with Gasteiger partial charge in [-0.2, -0.15) is 0 Å². The summed E-state index contributed by atoms with van der Waals surface area (Å²) >= 11 is 5.94. The second-order valence-electron chi connectivity index (χ2n) is 5.73. The molecule has 2 rings (SSSR count).